The van der Waals surface area contributed by atoms with Crippen LogP contribution in [-0.2, 0) is 6.61 Å². The average molecular weight is 362 g/mol. The predicted octanol–water partition coefficient (Wildman–Crippen LogP) is 3.98. The molecule has 0 aliphatic heterocycles. The number of rotatable bonds is 4. The lowest BCUT2D eigenvalue weighted by molar-refractivity contribution is 0.143. The van der Waals surface area contributed by atoms with Crippen molar-refractivity contribution in [2.75, 3.05) is 0 Å². The summed E-state index contributed by atoms with van der Waals surface area (Å²) in [5.74, 6) is 5.69. The first-order chi connectivity index (χ1) is 12.9. The van der Waals surface area contributed by atoms with Crippen LogP contribution in [-0.4, -0.2) is 20.7 Å². The molecule has 136 valence electrons. The van der Waals surface area contributed by atoms with Crippen LogP contribution in [0.4, 0.5) is 4.39 Å². The molecule has 0 amide bonds. The van der Waals surface area contributed by atoms with Crippen LogP contribution in [0.15, 0.2) is 60.9 Å². The van der Waals surface area contributed by atoms with Gasteiger partial charge in [-0.15, -0.1) is 0 Å². The fraction of sp³-hybridized carbons (Fsp3) is 0.182. The lowest BCUT2D eigenvalue weighted by Gasteiger charge is -2.08. The quantitative estimate of drug-likeness (QED) is 0.713. The van der Waals surface area contributed by atoms with Gasteiger partial charge < -0.3 is 9.84 Å². The van der Waals surface area contributed by atoms with E-state index in [-0.39, 0.29) is 11.4 Å². The Morgan fingerprint density at radius 2 is 1.78 bits per heavy atom. The van der Waals surface area contributed by atoms with Crippen LogP contribution in [0.5, 0.6) is 5.75 Å². The number of nitrogens with zero attached hydrogens (tertiary/aromatic N) is 2. The first-order valence-corrected chi connectivity index (χ1v) is 8.45. The van der Waals surface area contributed by atoms with Crippen molar-refractivity contribution in [1.82, 2.24) is 9.97 Å². The van der Waals surface area contributed by atoms with Crippen molar-refractivity contribution in [3.8, 4) is 29.0 Å². The van der Waals surface area contributed by atoms with Gasteiger partial charge in [0.25, 0.3) is 0 Å². The largest absolute Gasteiger partial charge is 0.489 e. The summed E-state index contributed by atoms with van der Waals surface area (Å²) in [6.07, 6.45) is 3.00. The first-order valence-electron chi connectivity index (χ1n) is 8.45. The summed E-state index contributed by atoms with van der Waals surface area (Å²) in [4.78, 5) is 8.32. The van der Waals surface area contributed by atoms with E-state index >= 15 is 0 Å². The van der Waals surface area contributed by atoms with E-state index in [0.29, 0.717) is 17.9 Å². The maximum Gasteiger partial charge on any atom is 0.162 e. The van der Waals surface area contributed by atoms with Gasteiger partial charge >= 0.3 is 0 Å². The molecule has 3 rings (SSSR count). The number of benzene rings is 2. The molecule has 27 heavy (non-hydrogen) atoms. The van der Waals surface area contributed by atoms with Crippen LogP contribution in [0.3, 0.4) is 0 Å². The Hall–Kier alpha value is -3.23. The van der Waals surface area contributed by atoms with Gasteiger partial charge in [0.15, 0.2) is 5.82 Å². The molecule has 5 heteroatoms. The van der Waals surface area contributed by atoms with Crippen molar-refractivity contribution in [2.24, 2.45) is 0 Å². The zero-order valence-electron chi connectivity index (χ0n) is 15.1. The van der Waals surface area contributed by atoms with Gasteiger partial charge in [0, 0.05) is 18.5 Å². The molecule has 0 aliphatic rings. The first kappa shape index (κ1) is 18.6. The zero-order chi connectivity index (χ0) is 19.3. The average Bonchev–Trinajstić information content (AvgIpc) is 2.66. The normalized spacial score (nSPS) is 10.8. The summed E-state index contributed by atoms with van der Waals surface area (Å²) >= 11 is 0. The summed E-state index contributed by atoms with van der Waals surface area (Å²) in [6, 6.07) is 14.3. The van der Waals surface area contributed by atoms with E-state index in [1.807, 2.05) is 30.3 Å². The topological polar surface area (TPSA) is 55.2 Å². The van der Waals surface area contributed by atoms with Crippen LogP contribution in [0, 0.1) is 17.7 Å². The number of hydrogen-bond donors (Lipinski definition) is 1. The molecule has 2 aromatic carbocycles. The summed E-state index contributed by atoms with van der Waals surface area (Å²) in [5, 5.41) is 9.61. The Labute approximate surface area is 157 Å². The summed E-state index contributed by atoms with van der Waals surface area (Å²) in [5.41, 5.74) is 0.738. The van der Waals surface area contributed by atoms with E-state index in [9.17, 15) is 9.50 Å². The molecule has 0 fully saturated rings. The van der Waals surface area contributed by atoms with Gasteiger partial charge in [0.1, 0.15) is 23.8 Å². The van der Waals surface area contributed by atoms with Crippen molar-refractivity contribution >= 4 is 0 Å². The Kier molecular flexibility index (Phi) is 5.49. The zero-order valence-corrected chi connectivity index (χ0v) is 15.1. The Morgan fingerprint density at radius 3 is 2.41 bits per heavy atom. The highest BCUT2D eigenvalue weighted by Gasteiger charge is 2.10. The van der Waals surface area contributed by atoms with Crippen molar-refractivity contribution < 1.29 is 14.2 Å². The van der Waals surface area contributed by atoms with Crippen molar-refractivity contribution in [1.29, 1.82) is 0 Å². The molecule has 0 saturated carbocycles. The van der Waals surface area contributed by atoms with Gasteiger partial charge in [-0.3, -0.25) is 0 Å². The van der Waals surface area contributed by atoms with Crippen LogP contribution in [0.25, 0.3) is 11.4 Å². The van der Waals surface area contributed by atoms with Gasteiger partial charge in [-0.05, 0) is 31.5 Å². The summed E-state index contributed by atoms with van der Waals surface area (Å²) < 4.78 is 20.1. The fourth-order valence-corrected chi connectivity index (χ4v) is 2.26. The molecule has 0 bridgehead atoms. The maximum atomic E-state index is 14.4. The Balaban J connectivity index is 1.72. The minimum atomic E-state index is -1.10. The highest BCUT2D eigenvalue weighted by Crippen LogP contribution is 2.24. The van der Waals surface area contributed by atoms with Crippen LogP contribution < -0.4 is 4.74 Å². The molecule has 3 aromatic rings. The second-order valence-corrected chi connectivity index (χ2v) is 6.52. The van der Waals surface area contributed by atoms with E-state index in [2.05, 4.69) is 21.8 Å². The SMILES string of the molecule is CC(C)(O)C#Cc1cnc(-c2ccc(OCc3ccccc3)cc2F)nc1. The lowest BCUT2D eigenvalue weighted by atomic mass is 10.1. The molecule has 0 radical (unpaired) electrons. The molecule has 1 aromatic heterocycles. The van der Waals surface area contributed by atoms with Gasteiger partial charge in [-0.2, -0.15) is 0 Å². The maximum absolute atomic E-state index is 14.4. The highest BCUT2D eigenvalue weighted by molar-refractivity contribution is 5.57. The number of aromatic nitrogens is 2. The van der Waals surface area contributed by atoms with E-state index in [4.69, 9.17) is 4.74 Å². The fourth-order valence-electron chi connectivity index (χ4n) is 2.26. The van der Waals surface area contributed by atoms with Crippen molar-refractivity contribution in [3.05, 3.63) is 77.9 Å². The van der Waals surface area contributed by atoms with E-state index in [1.54, 1.807) is 26.0 Å². The third-order valence-electron chi connectivity index (χ3n) is 3.59. The molecule has 4 nitrogen and oxygen atoms in total. The molecular weight excluding hydrogens is 343 g/mol. The third kappa shape index (κ3) is 5.37. The van der Waals surface area contributed by atoms with Gasteiger partial charge in [-0.1, -0.05) is 42.2 Å². The molecule has 0 aliphatic carbocycles. The Bertz CT molecular complexity index is 969. The second kappa shape index (κ2) is 7.98. The third-order valence-corrected chi connectivity index (χ3v) is 3.59. The molecule has 0 saturated heterocycles. The number of halogens is 1. The minimum absolute atomic E-state index is 0.260. The standard InChI is InChI=1S/C22H19FN2O2/c1-22(2,26)11-10-17-13-24-21(25-14-17)19-9-8-18(12-20(19)23)27-15-16-6-4-3-5-7-16/h3-9,12-14,26H,15H2,1-2H3. The molecule has 0 atom stereocenters. The number of hydrogen-bond acceptors (Lipinski definition) is 4. The summed E-state index contributed by atoms with van der Waals surface area (Å²) in [7, 11) is 0. The minimum Gasteiger partial charge on any atom is -0.489 e. The molecule has 1 N–H and O–H groups in total. The highest BCUT2D eigenvalue weighted by atomic mass is 19.1. The van der Waals surface area contributed by atoms with Gasteiger partial charge in [0.2, 0.25) is 0 Å². The monoisotopic (exact) mass is 362 g/mol. The molecule has 0 unspecified atom stereocenters. The van der Waals surface area contributed by atoms with E-state index in [0.717, 1.165) is 5.56 Å². The second-order valence-electron chi connectivity index (χ2n) is 6.52. The number of ether oxygens (including phenoxy) is 1. The van der Waals surface area contributed by atoms with Crippen molar-refractivity contribution in [3.63, 3.8) is 0 Å². The molecule has 1 heterocycles. The summed E-state index contributed by atoms with van der Waals surface area (Å²) in [6.45, 7) is 3.54. The van der Waals surface area contributed by atoms with Crippen LogP contribution >= 0.6 is 0 Å². The number of aliphatic hydroxyl groups is 1. The Morgan fingerprint density at radius 1 is 1.07 bits per heavy atom. The van der Waals surface area contributed by atoms with Crippen LogP contribution in [0.2, 0.25) is 0 Å². The lowest BCUT2D eigenvalue weighted by Crippen LogP contribution is -2.14. The predicted molar refractivity (Wildman–Crippen MR) is 101 cm³/mol. The smallest absolute Gasteiger partial charge is 0.162 e. The van der Waals surface area contributed by atoms with Gasteiger partial charge in [0.05, 0.1) is 11.1 Å². The van der Waals surface area contributed by atoms with Crippen LogP contribution in [0.1, 0.15) is 25.0 Å². The van der Waals surface area contributed by atoms with E-state index < -0.39 is 11.4 Å². The van der Waals surface area contributed by atoms with Crippen molar-refractivity contribution in [2.45, 2.75) is 26.1 Å². The van der Waals surface area contributed by atoms with E-state index in [1.165, 1.54) is 18.5 Å². The van der Waals surface area contributed by atoms with Gasteiger partial charge in [-0.25, -0.2) is 14.4 Å². The molecular formula is C22H19FN2O2. The molecule has 0 spiro atoms.